The van der Waals surface area contributed by atoms with Gasteiger partial charge in [-0.05, 0) is 26.0 Å². The van der Waals surface area contributed by atoms with E-state index in [0.717, 1.165) is 5.56 Å². The van der Waals surface area contributed by atoms with E-state index >= 15 is 0 Å². The molecule has 2 amide bonds. The molecule has 0 atom stereocenters. The number of rotatable bonds is 5. The van der Waals surface area contributed by atoms with Crippen LogP contribution >= 0.6 is 0 Å². The van der Waals surface area contributed by atoms with E-state index in [1.807, 2.05) is 44.2 Å². The highest BCUT2D eigenvalue weighted by Gasteiger charge is 2.08. The fourth-order valence-corrected chi connectivity index (χ4v) is 1.65. The predicted octanol–water partition coefficient (Wildman–Crippen LogP) is 1.99. The Labute approximate surface area is 117 Å². The van der Waals surface area contributed by atoms with Crippen LogP contribution < -0.4 is 10.6 Å². The molecule has 0 spiro atoms. The minimum Gasteiger partial charge on any atom is -0.421 e. The van der Waals surface area contributed by atoms with Crippen LogP contribution in [0.15, 0.2) is 34.7 Å². The summed E-state index contributed by atoms with van der Waals surface area (Å²) in [6.45, 7) is 4.27. The lowest BCUT2D eigenvalue weighted by atomic mass is 10.2. The van der Waals surface area contributed by atoms with Gasteiger partial charge in [0.15, 0.2) is 0 Å². The van der Waals surface area contributed by atoms with E-state index in [1.54, 1.807) is 0 Å². The molecule has 1 heterocycles. The highest BCUT2D eigenvalue weighted by molar-refractivity contribution is 5.74. The van der Waals surface area contributed by atoms with Gasteiger partial charge in [-0.3, -0.25) is 0 Å². The smallest absolute Gasteiger partial charge is 0.315 e. The molecule has 0 unspecified atom stereocenters. The number of nitrogens with one attached hydrogen (secondary N) is 2. The number of urea groups is 1. The lowest BCUT2D eigenvalue weighted by Crippen LogP contribution is -2.40. The van der Waals surface area contributed by atoms with Crippen LogP contribution in [0.25, 0.3) is 11.5 Å². The maximum Gasteiger partial charge on any atom is 0.315 e. The van der Waals surface area contributed by atoms with Crippen molar-refractivity contribution >= 4 is 6.03 Å². The SMILES string of the molecule is CC(C)NC(=O)NCCc1nnc(-c2ccccc2)o1. The van der Waals surface area contributed by atoms with Gasteiger partial charge in [-0.1, -0.05) is 18.2 Å². The number of hydrogen-bond acceptors (Lipinski definition) is 4. The summed E-state index contributed by atoms with van der Waals surface area (Å²) >= 11 is 0. The number of benzene rings is 1. The van der Waals surface area contributed by atoms with Crippen molar-refractivity contribution in [2.45, 2.75) is 26.3 Å². The molecule has 6 nitrogen and oxygen atoms in total. The first-order valence-corrected chi connectivity index (χ1v) is 6.57. The number of carbonyl (C=O) groups excluding carboxylic acids is 1. The second-order valence-electron chi connectivity index (χ2n) is 4.67. The number of carbonyl (C=O) groups is 1. The summed E-state index contributed by atoms with van der Waals surface area (Å²) in [5.74, 6) is 1.00. The normalized spacial score (nSPS) is 10.6. The second-order valence-corrected chi connectivity index (χ2v) is 4.67. The summed E-state index contributed by atoms with van der Waals surface area (Å²) in [6, 6.07) is 9.49. The van der Waals surface area contributed by atoms with Gasteiger partial charge in [0, 0.05) is 24.6 Å². The summed E-state index contributed by atoms with van der Waals surface area (Å²) in [5.41, 5.74) is 0.886. The van der Waals surface area contributed by atoms with Crippen molar-refractivity contribution in [1.29, 1.82) is 0 Å². The molecule has 6 heteroatoms. The number of nitrogens with zero attached hydrogens (tertiary/aromatic N) is 2. The molecule has 2 N–H and O–H groups in total. The first-order chi connectivity index (χ1) is 9.65. The van der Waals surface area contributed by atoms with E-state index in [-0.39, 0.29) is 12.1 Å². The van der Waals surface area contributed by atoms with Crippen molar-refractivity contribution in [2.75, 3.05) is 6.54 Å². The largest absolute Gasteiger partial charge is 0.421 e. The Hall–Kier alpha value is -2.37. The Morgan fingerprint density at radius 1 is 1.25 bits per heavy atom. The average molecular weight is 274 g/mol. The van der Waals surface area contributed by atoms with Gasteiger partial charge in [-0.25, -0.2) is 4.79 Å². The zero-order valence-corrected chi connectivity index (χ0v) is 11.6. The Morgan fingerprint density at radius 3 is 2.70 bits per heavy atom. The molecule has 0 aliphatic heterocycles. The Kier molecular flexibility index (Phi) is 4.70. The van der Waals surface area contributed by atoms with Gasteiger partial charge >= 0.3 is 6.03 Å². The second kappa shape index (κ2) is 6.70. The molecule has 2 rings (SSSR count). The molecule has 1 aromatic carbocycles. The van der Waals surface area contributed by atoms with Gasteiger partial charge in [-0.2, -0.15) is 0 Å². The number of aromatic nitrogens is 2. The van der Waals surface area contributed by atoms with Gasteiger partial charge in [0.05, 0.1) is 0 Å². The van der Waals surface area contributed by atoms with Gasteiger partial charge in [0.2, 0.25) is 11.8 Å². The van der Waals surface area contributed by atoms with E-state index in [9.17, 15) is 4.79 Å². The molecule has 2 aromatic rings. The molecule has 0 aliphatic rings. The molecule has 0 aliphatic carbocycles. The molecular formula is C14H18N4O2. The van der Waals surface area contributed by atoms with Gasteiger partial charge in [-0.15, -0.1) is 10.2 Å². The minimum atomic E-state index is -0.192. The zero-order valence-electron chi connectivity index (χ0n) is 11.6. The molecule has 106 valence electrons. The third-order valence-corrected chi connectivity index (χ3v) is 2.53. The van der Waals surface area contributed by atoms with E-state index in [0.29, 0.717) is 24.7 Å². The fourth-order valence-electron chi connectivity index (χ4n) is 1.65. The van der Waals surface area contributed by atoms with E-state index in [4.69, 9.17) is 4.42 Å². The van der Waals surface area contributed by atoms with Crippen molar-refractivity contribution in [3.63, 3.8) is 0 Å². The highest BCUT2D eigenvalue weighted by atomic mass is 16.4. The minimum absolute atomic E-state index is 0.114. The summed E-state index contributed by atoms with van der Waals surface area (Å²) in [6.07, 6.45) is 0.505. The first-order valence-electron chi connectivity index (χ1n) is 6.57. The predicted molar refractivity (Wildman–Crippen MR) is 75.1 cm³/mol. The molecule has 1 aromatic heterocycles. The van der Waals surface area contributed by atoms with Crippen molar-refractivity contribution in [1.82, 2.24) is 20.8 Å². The van der Waals surface area contributed by atoms with Gasteiger partial charge in [0.25, 0.3) is 0 Å². The van der Waals surface area contributed by atoms with Gasteiger partial charge in [0.1, 0.15) is 0 Å². The molecule has 0 saturated heterocycles. The standard InChI is InChI=1S/C14H18N4O2/c1-10(2)16-14(19)15-9-8-12-17-18-13(20-12)11-6-4-3-5-7-11/h3-7,10H,8-9H2,1-2H3,(H2,15,16,19). The van der Waals surface area contributed by atoms with Crippen molar-refractivity contribution in [3.8, 4) is 11.5 Å². The Bertz CT molecular complexity index is 551. The Morgan fingerprint density at radius 2 is 2.00 bits per heavy atom. The van der Waals surface area contributed by atoms with Crippen LogP contribution in [0.5, 0.6) is 0 Å². The summed E-state index contributed by atoms with van der Waals surface area (Å²) in [4.78, 5) is 11.4. The fraction of sp³-hybridized carbons (Fsp3) is 0.357. The van der Waals surface area contributed by atoms with Crippen LogP contribution in [0.1, 0.15) is 19.7 Å². The van der Waals surface area contributed by atoms with Crippen LogP contribution in [0.3, 0.4) is 0 Å². The van der Waals surface area contributed by atoms with Gasteiger partial charge < -0.3 is 15.1 Å². The summed E-state index contributed by atoms with van der Waals surface area (Å²) in [5, 5.41) is 13.4. The van der Waals surface area contributed by atoms with Crippen molar-refractivity contribution in [2.24, 2.45) is 0 Å². The highest BCUT2D eigenvalue weighted by Crippen LogP contribution is 2.16. The monoisotopic (exact) mass is 274 g/mol. The first kappa shape index (κ1) is 14.0. The van der Waals surface area contributed by atoms with E-state index in [2.05, 4.69) is 20.8 Å². The molecule has 20 heavy (non-hydrogen) atoms. The summed E-state index contributed by atoms with van der Waals surface area (Å²) in [7, 11) is 0. The van der Waals surface area contributed by atoms with E-state index in [1.165, 1.54) is 0 Å². The molecule has 0 radical (unpaired) electrons. The van der Waals surface area contributed by atoms with Crippen molar-refractivity contribution < 1.29 is 9.21 Å². The third-order valence-electron chi connectivity index (χ3n) is 2.53. The Balaban J connectivity index is 1.83. The lowest BCUT2D eigenvalue weighted by molar-refractivity contribution is 0.238. The molecule has 0 fully saturated rings. The molecule has 0 bridgehead atoms. The maximum absolute atomic E-state index is 11.4. The molecular weight excluding hydrogens is 256 g/mol. The van der Waals surface area contributed by atoms with Crippen LogP contribution in [-0.2, 0) is 6.42 Å². The third kappa shape index (κ3) is 4.08. The van der Waals surface area contributed by atoms with Crippen LogP contribution in [0, 0.1) is 0 Å². The maximum atomic E-state index is 11.4. The average Bonchev–Trinajstić information content (AvgIpc) is 2.88. The topological polar surface area (TPSA) is 80.0 Å². The number of hydrogen-bond donors (Lipinski definition) is 2. The summed E-state index contributed by atoms with van der Waals surface area (Å²) < 4.78 is 5.54. The van der Waals surface area contributed by atoms with Crippen LogP contribution in [0.4, 0.5) is 4.79 Å². The van der Waals surface area contributed by atoms with E-state index < -0.39 is 0 Å². The molecule has 0 saturated carbocycles. The van der Waals surface area contributed by atoms with Crippen molar-refractivity contribution in [3.05, 3.63) is 36.2 Å². The number of amides is 2. The van der Waals surface area contributed by atoms with Crippen LogP contribution in [-0.4, -0.2) is 28.8 Å². The van der Waals surface area contributed by atoms with Crippen LogP contribution in [0.2, 0.25) is 0 Å². The zero-order chi connectivity index (χ0) is 14.4. The lowest BCUT2D eigenvalue weighted by Gasteiger charge is -2.08. The quantitative estimate of drug-likeness (QED) is 0.873.